The van der Waals surface area contributed by atoms with Gasteiger partial charge < -0.3 is 0 Å². The third kappa shape index (κ3) is 2.22. The average molecular weight is 250 g/mol. The number of hydrogen-bond acceptors (Lipinski definition) is 2. The second kappa shape index (κ2) is 5.13. The Labute approximate surface area is 113 Å². The van der Waals surface area contributed by atoms with E-state index in [1.807, 2.05) is 0 Å². The van der Waals surface area contributed by atoms with Crippen LogP contribution in [0.5, 0.6) is 0 Å². The molecule has 2 nitrogen and oxygen atoms in total. The molecule has 0 aromatic heterocycles. The predicted octanol–water partition coefficient (Wildman–Crippen LogP) is 2.98. The smallest absolute Gasteiger partial charge is 0.0224 e. The Morgan fingerprint density at radius 3 is 2.56 bits per heavy atom. The molecule has 3 fully saturated rings. The molecule has 18 heavy (non-hydrogen) atoms. The Hall–Kier alpha value is -0.0800. The van der Waals surface area contributed by atoms with Gasteiger partial charge >= 0.3 is 0 Å². The Bertz CT molecular complexity index is 291. The van der Waals surface area contributed by atoms with Crippen molar-refractivity contribution in [3.05, 3.63) is 0 Å². The minimum absolute atomic E-state index is 0.775. The highest BCUT2D eigenvalue weighted by molar-refractivity contribution is 4.95. The van der Waals surface area contributed by atoms with Crippen LogP contribution in [-0.2, 0) is 0 Å². The lowest BCUT2D eigenvalue weighted by Crippen LogP contribution is -2.60. The lowest BCUT2D eigenvalue weighted by molar-refractivity contribution is -0.0130. The van der Waals surface area contributed by atoms with Gasteiger partial charge in [-0.2, -0.15) is 0 Å². The van der Waals surface area contributed by atoms with Gasteiger partial charge in [-0.05, 0) is 44.6 Å². The zero-order valence-electron chi connectivity index (χ0n) is 12.4. The molecule has 0 bridgehead atoms. The molecule has 5 atom stereocenters. The topological polar surface area (TPSA) is 6.48 Å². The third-order valence-corrected chi connectivity index (χ3v) is 6.08. The maximum absolute atomic E-state index is 2.88. The fraction of sp³-hybridized carbons (Fsp3) is 1.00. The number of fused-ring (bicyclic) bond motifs is 1. The lowest BCUT2D eigenvalue weighted by Gasteiger charge is -2.50. The summed E-state index contributed by atoms with van der Waals surface area (Å²) < 4.78 is 0. The molecule has 0 radical (unpaired) electrons. The van der Waals surface area contributed by atoms with Gasteiger partial charge in [-0.25, -0.2) is 0 Å². The van der Waals surface area contributed by atoms with Gasteiger partial charge in [0.25, 0.3) is 0 Å². The Morgan fingerprint density at radius 2 is 1.72 bits per heavy atom. The molecule has 0 aromatic rings. The fourth-order valence-corrected chi connectivity index (χ4v) is 4.69. The van der Waals surface area contributed by atoms with Crippen molar-refractivity contribution in [3.63, 3.8) is 0 Å². The highest BCUT2D eigenvalue weighted by Crippen LogP contribution is 2.36. The van der Waals surface area contributed by atoms with Gasteiger partial charge in [-0.3, -0.25) is 9.80 Å². The first-order valence-corrected chi connectivity index (χ1v) is 8.16. The maximum atomic E-state index is 2.88. The first kappa shape index (κ1) is 12.9. The van der Waals surface area contributed by atoms with Crippen LogP contribution in [0.15, 0.2) is 0 Å². The largest absolute Gasteiger partial charge is 0.298 e. The van der Waals surface area contributed by atoms with E-state index in [9.17, 15) is 0 Å². The quantitative estimate of drug-likeness (QED) is 0.706. The second-order valence-corrected chi connectivity index (χ2v) is 7.17. The number of nitrogens with zero attached hydrogens (tertiary/aromatic N) is 2. The Kier molecular flexibility index (Phi) is 3.68. The molecule has 0 spiro atoms. The van der Waals surface area contributed by atoms with Crippen molar-refractivity contribution in [1.82, 2.24) is 9.80 Å². The summed E-state index contributed by atoms with van der Waals surface area (Å²) in [7, 11) is 0. The van der Waals surface area contributed by atoms with E-state index in [1.165, 1.54) is 51.7 Å². The summed E-state index contributed by atoms with van der Waals surface area (Å²) in [5.41, 5.74) is 0. The molecular weight excluding hydrogens is 220 g/mol. The molecule has 3 rings (SSSR count). The van der Waals surface area contributed by atoms with E-state index in [4.69, 9.17) is 0 Å². The van der Waals surface area contributed by atoms with Gasteiger partial charge in [0.05, 0.1) is 0 Å². The summed E-state index contributed by atoms with van der Waals surface area (Å²) in [6, 6.07) is 2.52. The van der Waals surface area contributed by atoms with Crippen molar-refractivity contribution in [2.24, 2.45) is 11.8 Å². The van der Waals surface area contributed by atoms with Crippen molar-refractivity contribution in [2.45, 2.75) is 71.0 Å². The van der Waals surface area contributed by atoms with E-state index in [1.54, 1.807) is 0 Å². The second-order valence-electron chi connectivity index (χ2n) is 7.17. The highest BCUT2D eigenvalue weighted by atomic mass is 15.3. The van der Waals surface area contributed by atoms with Crippen LogP contribution in [0.4, 0.5) is 0 Å². The molecule has 1 aliphatic carbocycles. The van der Waals surface area contributed by atoms with Crippen LogP contribution in [0.2, 0.25) is 0 Å². The van der Waals surface area contributed by atoms with E-state index in [2.05, 4.69) is 30.6 Å². The van der Waals surface area contributed by atoms with Gasteiger partial charge in [0.1, 0.15) is 0 Å². The fourth-order valence-electron chi connectivity index (χ4n) is 4.69. The summed E-state index contributed by atoms with van der Waals surface area (Å²) in [4.78, 5) is 5.63. The Balaban J connectivity index is 1.70. The highest BCUT2D eigenvalue weighted by Gasteiger charge is 2.40. The molecule has 2 heterocycles. The zero-order valence-corrected chi connectivity index (χ0v) is 12.4. The molecule has 1 saturated carbocycles. The zero-order chi connectivity index (χ0) is 12.7. The van der Waals surface area contributed by atoms with E-state index in [0.29, 0.717) is 0 Å². The molecule has 0 N–H and O–H groups in total. The molecule has 5 unspecified atom stereocenters. The van der Waals surface area contributed by atoms with Crippen molar-refractivity contribution < 1.29 is 0 Å². The minimum atomic E-state index is 0.775. The van der Waals surface area contributed by atoms with Gasteiger partial charge in [-0.1, -0.05) is 26.7 Å². The van der Waals surface area contributed by atoms with Crippen LogP contribution in [0.1, 0.15) is 52.9 Å². The van der Waals surface area contributed by atoms with E-state index >= 15 is 0 Å². The first-order valence-electron chi connectivity index (χ1n) is 8.16. The lowest BCUT2D eigenvalue weighted by atomic mass is 9.76. The summed E-state index contributed by atoms with van der Waals surface area (Å²) >= 11 is 0. The molecule has 2 saturated heterocycles. The summed E-state index contributed by atoms with van der Waals surface area (Å²) in [5, 5.41) is 0. The van der Waals surface area contributed by atoms with Crippen LogP contribution in [0, 0.1) is 11.8 Å². The van der Waals surface area contributed by atoms with Crippen LogP contribution < -0.4 is 0 Å². The molecule has 104 valence electrons. The van der Waals surface area contributed by atoms with Crippen molar-refractivity contribution in [3.8, 4) is 0 Å². The van der Waals surface area contributed by atoms with Crippen LogP contribution >= 0.6 is 0 Å². The number of piperazine rings is 1. The molecule has 2 aliphatic heterocycles. The minimum Gasteiger partial charge on any atom is -0.298 e. The van der Waals surface area contributed by atoms with Crippen molar-refractivity contribution in [1.29, 1.82) is 0 Å². The molecule has 0 amide bonds. The SMILES string of the molecule is CC1CCCC(N2CC3CCCN3CC2C)C1C. The van der Waals surface area contributed by atoms with Crippen molar-refractivity contribution >= 4 is 0 Å². The van der Waals surface area contributed by atoms with Gasteiger partial charge in [0.15, 0.2) is 0 Å². The van der Waals surface area contributed by atoms with Gasteiger partial charge in [0.2, 0.25) is 0 Å². The molecule has 0 aromatic carbocycles. The first-order chi connectivity index (χ1) is 8.66. The Morgan fingerprint density at radius 1 is 0.889 bits per heavy atom. The average Bonchev–Trinajstić information content (AvgIpc) is 2.79. The van der Waals surface area contributed by atoms with Crippen molar-refractivity contribution in [2.75, 3.05) is 19.6 Å². The number of rotatable bonds is 1. The molecular formula is C16H30N2. The van der Waals surface area contributed by atoms with Crippen LogP contribution in [0.3, 0.4) is 0 Å². The standard InChI is InChI=1S/C16H30N2/c1-12-6-4-8-16(14(12)3)18-11-15-7-5-9-17(15)10-13(18)2/h12-16H,4-11H2,1-3H3. The molecule has 2 heteroatoms. The third-order valence-electron chi connectivity index (χ3n) is 6.08. The molecule has 3 aliphatic rings. The normalized spacial score (nSPS) is 47.2. The summed E-state index contributed by atoms with van der Waals surface area (Å²) in [6.45, 7) is 11.5. The van der Waals surface area contributed by atoms with E-state index < -0.39 is 0 Å². The van der Waals surface area contributed by atoms with Gasteiger partial charge in [-0.15, -0.1) is 0 Å². The van der Waals surface area contributed by atoms with E-state index in [-0.39, 0.29) is 0 Å². The van der Waals surface area contributed by atoms with Gasteiger partial charge in [0, 0.05) is 31.2 Å². The van der Waals surface area contributed by atoms with Crippen LogP contribution in [-0.4, -0.2) is 47.6 Å². The predicted molar refractivity (Wildman–Crippen MR) is 76.7 cm³/mol. The summed E-state index contributed by atoms with van der Waals surface area (Å²) in [5.74, 6) is 1.83. The summed E-state index contributed by atoms with van der Waals surface area (Å²) in [6.07, 6.45) is 7.23. The van der Waals surface area contributed by atoms with E-state index in [0.717, 1.165) is 30.0 Å². The maximum Gasteiger partial charge on any atom is 0.0224 e. The number of hydrogen-bond donors (Lipinski definition) is 0. The van der Waals surface area contributed by atoms with Crippen LogP contribution in [0.25, 0.3) is 0 Å². The monoisotopic (exact) mass is 250 g/mol.